The van der Waals surface area contributed by atoms with Crippen LogP contribution in [0.4, 0.5) is 5.13 Å². The van der Waals surface area contributed by atoms with E-state index in [0.29, 0.717) is 11.6 Å². The molecule has 0 bridgehead atoms. The van der Waals surface area contributed by atoms with E-state index in [2.05, 4.69) is 10.3 Å². The average molecular weight is 225 g/mol. The number of carbonyl (C=O) groups is 1. The third kappa shape index (κ3) is 2.28. The van der Waals surface area contributed by atoms with Crippen LogP contribution in [-0.2, 0) is 17.6 Å². The van der Waals surface area contributed by atoms with Gasteiger partial charge in [0.2, 0.25) is 5.91 Å². The number of fused-ring (bicyclic) bond motifs is 1. The zero-order valence-electron chi connectivity index (χ0n) is 8.75. The molecule has 5 heteroatoms. The normalized spacial score (nSPS) is 19.7. The van der Waals surface area contributed by atoms with Crippen molar-refractivity contribution in [2.24, 2.45) is 0 Å². The van der Waals surface area contributed by atoms with Crippen molar-refractivity contribution in [2.75, 3.05) is 5.73 Å². The lowest BCUT2D eigenvalue weighted by atomic mass is 9.97. The van der Waals surface area contributed by atoms with Crippen LogP contribution >= 0.6 is 11.3 Å². The number of nitrogen functional groups attached to an aromatic ring is 1. The number of rotatable bonds is 2. The SMILES string of the molecule is CCC(=O)N[C@@H]1CCc2nc(N)sc2C1. The van der Waals surface area contributed by atoms with Gasteiger partial charge < -0.3 is 11.1 Å². The highest BCUT2D eigenvalue weighted by Gasteiger charge is 2.22. The number of aromatic nitrogens is 1. The summed E-state index contributed by atoms with van der Waals surface area (Å²) in [7, 11) is 0. The Morgan fingerprint density at radius 3 is 3.27 bits per heavy atom. The van der Waals surface area contributed by atoms with Gasteiger partial charge in [-0.15, -0.1) is 11.3 Å². The van der Waals surface area contributed by atoms with Gasteiger partial charge in [0.1, 0.15) is 0 Å². The molecule has 1 aromatic rings. The predicted molar refractivity (Wildman–Crippen MR) is 60.8 cm³/mol. The highest BCUT2D eigenvalue weighted by atomic mass is 32.1. The van der Waals surface area contributed by atoms with Crippen LogP contribution in [0.5, 0.6) is 0 Å². The van der Waals surface area contributed by atoms with Gasteiger partial charge in [-0.25, -0.2) is 4.98 Å². The summed E-state index contributed by atoms with van der Waals surface area (Å²) in [4.78, 5) is 16.8. The Labute approximate surface area is 92.9 Å². The molecule has 3 N–H and O–H groups in total. The molecule has 1 aliphatic rings. The lowest BCUT2D eigenvalue weighted by molar-refractivity contribution is -0.121. The third-order valence-electron chi connectivity index (χ3n) is 2.64. The summed E-state index contributed by atoms with van der Waals surface area (Å²) < 4.78 is 0. The number of nitrogens with zero attached hydrogens (tertiary/aromatic N) is 1. The summed E-state index contributed by atoms with van der Waals surface area (Å²) >= 11 is 1.54. The minimum atomic E-state index is 0.126. The first-order valence-corrected chi connectivity index (χ1v) is 6.04. The molecular formula is C10H15N3OS. The van der Waals surface area contributed by atoms with E-state index in [-0.39, 0.29) is 11.9 Å². The van der Waals surface area contributed by atoms with Crippen LogP contribution in [0.3, 0.4) is 0 Å². The molecule has 0 saturated carbocycles. The van der Waals surface area contributed by atoms with Gasteiger partial charge >= 0.3 is 0 Å². The van der Waals surface area contributed by atoms with Gasteiger partial charge in [-0.05, 0) is 12.8 Å². The Hall–Kier alpha value is -1.10. The summed E-state index contributed by atoms with van der Waals surface area (Å²) in [6, 6.07) is 0.268. The van der Waals surface area contributed by atoms with Crippen LogP contribution in [0.25, 0.3) is 0 Å². The lowest BCUT2D eigenvalue weighted by Crippen LogP contribution is -2.38. The van der Waals surface area contributed by atoms with Gasteiger partial charge in [0.25, 0.3) is 0 Å². The first kappa shape index (κ1) is 10.4. The van der Waals surface area contributed by atoms with E-state index in [0.717, 1.165) is 25.0 Å². The number of hydrogen-bond acceptors (Lipinski definition) is 4. The molecule has 0 radical (unpaired) electrons. The quantitative estimate of drug-likeness (QED) is 0.792. The Morgan fingerprint density at radius 1 is 1.73 bits per heavy atom. The molecule has 1 heterocycles. The molecule has 15 heavy (non-hydrogen) atoms. The van der Waals surface area contributed by atoms with Gasteiger partial charge in [-0.1, -0.05) is 6.92 Å². The van der Waals surface area contributed by atoms with Crippen LogP contribution in [0, 0.1) is 0 Å². The average Bonchev–Trinajstić information content (AvgIpc) is 2.57. The fraction of sp³-hybridized carbons (Fsp3) is 0.600. The number of nitrogens with two attached hydrogens (primary N) is 1. The van der Waals surface area contributed by atoms with Crippen molar-refractivity contribution in [3.8, 4) is 0 Å². The number of thiazole rings is 1. The molecular weight excluding hydrogens is 210 g/mol. The monoisotopic (exact) mass is 225 g/mol. The molecule has 2 rings (SSSR count). The Morgan fingerprint density at radius 2 is 2.53 bits per heavy atom. The van der Waals surface area contributed by atoms with E-state index in [1.54, 1.807) is 11.3 Å². The van der Waals surface area contributed by atoms with Crippen LogP contribution in [0.15, 0.2) is 0 Å². The van der Waals surface area contributed by atoms with E-state index < -0.39 is 0 Å². The van der Waals surface area contributed by atoms with Gasteiger partial charge in [-0.3, -0.25) is 4.79 Å². The van der Waals surface area contributed by atoms with Gasteiger partial charge in [0, 0.05) is 23.8 Å². The van der Waals surface area contributed by atoms with Gasteiger partial charge in [-0.2, -0.15) is 0 Å². The molecule has 1 aromatic heterocycles. The predicted octanol–water partition coefficient (Wildman–Crippen LogP) is 1.11. The zero-order valence-corrected chi connectivity index (χ0v) is 9.56. The maximum Gasteiger partial charge on any atom is 0.219 e. The molecule has 0 spiro atoms. The lowest BCUT2D eigenvalue weighted by Gasteiger charge is -2.21. The number of amides is 1. The molecule has 0 saturated heterocycles. The molecule has 0 aliphatic heterocycles. The van der Waals surface area contributed by atoms with Gasteiger partial charge in [0.15, 0.2) is 5.13 Å². The van der Waals surface area contributed by atoms with Crippen LogP contribution in [-0.4, -0.2) is 16.9 Å². The fourth-order valence-corrected chi connectivity index (χ4v) is 2.81. The molecule has 0 unspecified atom stereocenters. The van der Waals surface area contributed by atoms with Crippen molar-refractivity contribution < 1.29 is 4.79 Å². The summed E-state index contributed by atoms with van der Waals surface area (Å²) in [5.74, 6) is 0.126. The molecule has 1 atom stereocenters. The highest BCUT2D eigenvalue weighted by Crippen LogP contribution is 2.28. The van der Waals surface area contributed by atoms with E-state index in [4.69, 9.17) is 5.73 Å². The Bertz CT molecular complexity index is 375. The smallest absolute Gasteiger partial charge is 0.219 e. The second-order valence-electron chi connectivity index (χ2n) is 3.78. The Balaban J connectivity index is 2.02. The maximum atomic E-state index is 11.2. The first-order chi connectivity index (χ1) is 7.19. The van der Waals surface area contributed by atoms with Crippen molar-refractivity contribution in [3.63, 3.8) is 0 Å². The number of hydrogen-bond donors (Lipinski definition) is 2. The second kappa shape index (κ2) is 4.18. The van der Waals surface area contributed by atoms with Crippen molar-refractivity contribution >= 4 is 22.4 Å². The van der Waals surface area contributed by atoms with E-state index in [9.17, 15) is 4.79 Å². The topological polar surface area (TPSA) is 68.0 Å². The minimum absolute atomic E-state index is 0.126. The fourth-order valence-electron chi connectivity index (χ4n) is 1.85. The molecule has 0 aromatic carbocycles. The van der Waals surface area contributed by atoms with Crippen molar-refractivity contribution in [2.45, 2.75) is 38.6 Å². The molecule has 4 nitrogen and oxygen atoms in total. The first-order valence-electron chi connectivity index (χ1n) is 5.22. The van der Waals surface area contributed by atoms with E-state index in [1.165, 1.54) is 4.88 Å². The summed E-state index contributed by atoms with van der Waals surface area (Å²) in [5.41, 5.74) is 6.78. The minimum Gasteiger partial charge on any atom is -0.375 e. The number of anilines is 1. The maximum absolute atomic E-state index is 11.2. The number of nitrogens with one attached hydrogen (secondary N) is 1. The standard InChI is InChI=1S/C10H15N3OS/c1-2-9(14)12-6-3-4-7-8(5-6)15-10(11)13-7/h6H,2-5H2,1H3,(H2,11,13)(H,12,14)/t6-/m1/s1. The highest BCUT2D eigenvalue weighted by molar-refractivity contribution is 7.15. The molecule has 0 fully saturated rings. The second-order valence-corrected chi connectivity index (χ2v) is 4.90. The molecule has 1 aliphatic carbocycles. The number of aryl methyl sites for hydroxylation is 1. The summed E-state index contributed by atoms with van der Waals surface area (Å²) in [6.45, 7) is 1.87. The largest absolute Gasteiger partial charge is 0.375 e. The molecule has 82 valence electrons. The Kier molecular flexibility index (Phi) is 2.90. The van der Waals surface area contributed by atoms with Crippen LogP contribution < -0.4 is 11.1 Å². The summed E-state index contributed by atoms with van der Waals surface area (Å²) in [6.07, 6.45) is 3.34. The van der Waals surface area contributed by atoms with E-state index in [1.807, 2.05) is 6.92 Å². The zero-order chi connectivity index (χ0) is 10.8. The van der Waals surface area contributed by atoms with E-state index >= 15 is 0 Å². The van der Waals surface area contributed by atoms with Crippen molar-refractivity contribution in [1.82, 2.24) is 10.3 Å². The molecule has 1 amide bonds. The van der Waals surface area contributed by atoms with Crippen LogP contribution in [0.2, 0.25) is 0 Å². The van der Waals surface area contributed by atoms with Gasteiger partial charge in [0.05, 0.1) is 5.69 Å². The van der Waals surface area contributed by atoms with Crippen molar-refractivity contribution in [1.29, 1.82) is 0 Å². The van der Waals surface area contributed by atoms with Crippen molar-refractivity contribution in [3.05, 3.63) is 10.6 Å². The number of carbonyl (C=O) groups excluding carboxylic acids is 1. The summed E-state index contributed by atoms with van der Waals surface area (Å²) in [5, 5.41) is 3.66. The third-order valence-corrected chi connectivity index (χ3v) is 3.59. The van der Waals surface area contributed by atoms with Crippen LogP contribution in [0.1, 0.15) is 30.3 Å².